The Hall–Kier alpha value is -5.19. The lowest BCUT2D eigenvalue weighted by Gasteiger charge is -2.21. The minimum atomic E-state index is -0.140. The van der Waals surface area contributed by atoms with Crippen LogP contribution in [0.15, 0.2) is 79.1 Å². The van der Waals surface area contributed by atoms with Crippen molar-refractivity contribution < 1.29 is 9.59 Å². The van der Waals surface area contributed by atoms with E-state index in [1.54, 1.807) is 30.6 Å². The summed E-state index contributed by atoms with van der Waals surface area (Å²) in [5.41, 5.74) is 3.11. The largest absolute Gasteiger partial charge is 0.337 e. The minimum absolute atomic E-state index is 0.105. The van der Waals surface area contributed by atoms with Gasteiger partial charge in [0.25, 0.3) is 11.8 Å². The lowest BCUT2D eigenvalue weighted by atomic mass is 10.0. The first kappa shape index (κ1) is 23.9. The van der Waals surface area contributed by atoms with Crippen molar-refractivity contribution in [2.24, 2.45) is 11.8 Å². The molecule has 40 heavy (non-hydrogen) atoms. The van der Waals surface area contributed by atoms with E-state index in [9.17, 15) is 9.59 Å². The number of hydrogen-bond donors (Lipinski definition) is 2. The van der Waals surface area contributed by atoms with E-state index in [1.807, 2.05) is 58.3 Å². The molecular formula is C29H25N9O2. The summed E-state index contributed by atoms with van der Waals surface area (Å²) in [5, 5.41) is 3.02. The molecule has 2 aliphatic rings. The fourth-order valence-electron chi connectivity index (χ4n) is 5.50. The number of fused-ring (bicyclic) bond motifs is 2. The maximum Gasteiger partial charge on any atom is 0.272 e. The van der Waals surface area contributed by atoms with Crippen molar-refractivity contribution >= 4 is 34.6 Å². The number of likely N-dealkylation sites (tertiary alicyclic amines) is 2. The van der Waals surface area contributed by atoms with Crippen LogP contribution in [-0.4, -0.2) is 77.7 Å². The number of hydrogen-bond acceptors (Lipinski definition) is 8. The first-order valence-electron chi connectivity index (χ1n) is 13.1. The summed E-state index contributed by atoms with van der Waals surface area (Å²) in [4.78, 5) is 55.6. The van der Waals surface area contributed by atoms with Crippen LogP contribution in [0.25, 0.3) is 22.6 Å². The first-order valence-corrected chi connectivity index (χ1v) is 13.1. The van der Waals surface area contributed by atoms with E-state index in [1.165, 1.54) is 0 Å². The molecule has 5 aromatic rings. The van der Waals surface area contributed by atoms with Gasteiger partial charge in [0.2, 0.25) is 5.95 Å². The predicted octanol–water partition coefficient (Wildman–Crippen LogP) is 3.40. The zero-order valence-corrected chi connectivity index (χ0v) is 21.4. The van der Waals surface area contributed by atoms with E-state index >= 15 is 0 Å². The van der Waals surface area contributed by atoms with Crippen molar-refractivity contribution in [3.05, 3.63) is 90.5 Å². The summed E-state index contributed by atoms with van der Waals surface area (Å²) >= 11 is 0. The molecule has 11 nitrogen and oxygen atoms in total. The Balaban J connectivity index is 1.00. The molecule has 4 aromatic heterocycles. The second-order valence-electron chi connectivity index (χ2n) is 10.1. The number of aromatic nitrogens is 6. The van der Waals surface area contributed by atoms with Gasteiger partial charge in [-0.05, 0) is 42.5 Å². The average Bonchev–Trinajstić information content (AvgIpc) is 3.71. The minimum Gasteiger partial charge on any atom is -0.337 e. The number of amides is 2. The topological polar surface area (TPSA) is 133 Å². The van der Waals surface area contributed by atoms with E-state index < -0.39 is 0 Å². The Morgan fingerprint density at radius 3 is 2.17 bits per heavy atom. The number of nitrogens with one attached hydrogen (secondary N) is 2. The van der Waals surface area contributed by atoms with Crippen LogP contribution in [0.4, 0.5) is 11.8 Å². The van der Waals surface area contributed by atoms with E-state index in [2.05, 4.69) is 35.2 Å². The van der Waals surface area contributed by atoms with Gasteiger partial charge >= 0.3 is 0 Å². The summed E-state index contributed by atoms with van der Waals surface area (Å²) < 4.78 is 0. The number of imidazole rings is 1. The molecule has 2 amide bonds. The predicted molar refractivity (Wildman–Crippen MR) is 148 cm³/mol. The van der Waals surface area contributed by atoms with Crippen LogP contribution in [0.1, 0.15) is 21.0 Å². The molecule has 11 heteroatoms. The molecule has 2 aliphatic heterocycles. The summed E-state index contributed by atoms with van der Waals surface area (Å²) in [7, 11) is 0. The van der Waals surface area contributed by atoms with Gasteiger partial charge in [0.05, 0.1) is 11.0 Å². The molecule has 6 heterocycles. The number of pyridine rings is 2. The van der Waals surface area contributed by atoms with Gasteiger partial charge in [-0.25, -0.2) is 24.9 Å². The highest BCUT2D eigenvalue weighted by molar-refractivity contribution is 5.94. The van der Waals surface area contributed by atoms with Gasteiger partial charge in [0.1, 0.15) is 22.9 Å². The molecule has 2 unspecified atom stereocenters. The van der Waals surface area contributed by atoms with Crippen molar-refractivity contribution in [1.29, 1.82) is 0 Å². The number of anilines is 2. The highest BCUT2D eigenvalue weighted by Crippen LogP contribution is 2.32. The molecule has 0 bridgehead atoms. The quantitative estimate of drug-likeness (QED) is 0.353. The Morgan fingerprint density at radius 1 is 0.725 bits per heavy atom. The smallest absolute Gasteiger partial charge is 0.272 e. The van der Waals surface area contributed by atoms with Crippen molar-refractivity contribution in [2.45, 2.75) is 0 Å². The van der Waals surface area contributed by atoms with E-state index in [4.69, 9.17) is 0 Å². The standard InChI is InChI=1S/C29H25N9O2/c39-27(23-9-5-8-22(32-23)26-33-20-6-1-2-7-21(20)34-26)37-14-18-16-38(17-19(18)15-37)28(40)24-11-13-31-29(35-24)36-25-10-3-4-12-30-25/h1-13,18-19H,14-17H2,(H,33,34)(H,30,31,35,36). The van der Waals surface area contributed by atoms with E-state index in [0.29, 0.717) is 60.9 Å². The maximum atomic E-state index is 13.4. The normalized spacial score (nSPS) is 18.2. The number of aromatic amines is 1. The van der Waals surface area contributed by atoms with Crippen molar-refractivity contribution in [3.63, 3.8) is 0 Å². The number of para-hydroxylation sites is 2. The Kier molecular flexibility index (Phi) is 5.88. The summed E-state index contributed by atoms with van der Waals surface area (Å²) in [5.74, 6) is 1.72. The molecule has 2 N–H and O–H groups in total. The number of carbonyl (C=O) groups excluding carboxylic acids is 2. The zero-order valence-electron chi connectivity index (χ0n) is 21.4. The van der Waals surface area contributed by atoms with Crippen LogP contribution in [0.3, 0.4) is 0 Å². The highest BCUT2D eigenvalue weighted by atomic mass is 16.2. The van der Waals surface area contributed by atoms with Crippen LogP contribution in [0.5, 0.6) is 0 Å². The Morgan fingerprint density at radius 2 is 1.45 bits per heavy atom. The third kappa shape index (κ3) is 4.51. The third-order valence-corrected chi connectivity index (χ3v) is 7.44. The fraction of sp³-hybridized carbons (Fsp3) is 0.207. The maximum absolute atomic E-state index is 13.4. The van der Waals surface area contributed by atoms with Crippen LogP contribution < -0.4 is 5.32 Å². The lowest BCUT2D eigenvalue weighted by Crippen LogP contribution is -2.36. The third-order valence-electron chi connectivity index (χ3n) is 7.44. The molecule has 2 atom stereocenters. The molecule has 2 fully saturated rings. The van der Waals surface area contributed by atoms with Crippen molar-refractivity contribution in [1.82, 2.24) is 39.7 Å². The van der Waals surface area contributed by atoms with Gasteiger partial charge < -0.3 is 20.1 Å². The lowest BCUT2D eigenvalue weighted by molar-refractivity contribution is 0.0732. The number of benzene rings is 1. The van der Waals surface area contributed by atoms with Crippen LogP contribution >= 0.6 is 0 Å². The molecule has 0 spiro atoms. The van der Waals surface area contributed by atoms with Crippen LogP contribution in [0.2, 0.25) is 0 Å². The zero-order chi connectivity index (χ0) is 27.1. The summed E-state index contributed by atoms with van der Waals surface area (Å²) in [6, 6.07) is 20.3. The van der Waals surface area contributed by atoms with E-state index in [0.717, 1.165) is 11.0 Å². The molecule has 0 saturated carbocycles. The molecular weight excluding hydrogens is 506 g/mol. The second kappa shape index (κ2) is 9.84. The molecule has 0 aliphatic carbocycles. The van der Waals surface area contributed by atoms with Gasteiger partial charge in [0, 0.05) is 50.4 Å². The number of nitrogens with zero attached hydrogens (tertiary/aromatic N) is 7. The van der Waals surface area contributed by atoms with E-state index in [-0.39, 0.29) is 23.7 Å². The van der Waals surface area contributed by atoms with Gasteiger partial charge in [-0.3, -0.25) is 9.59 Å². The highest BCUT2D eigenvalue weighted by Gasteiger charge is 2.43. The number of rotatable bonds is 5. The number of carbonyl (C=O) groups is 2. The molecule has 2 saturated heterocycles. The van der Waals surface area contributed by atoms with Crippen LogP contribution in [-0.2, 0) is 0 Å². The van der Waals surface area contributed by atoms with Gasteiger partial charge in [-0.1, -0.05) is 24.3 Å². The fourth-order valence-corrected chi connectivity index (χ4v) is 5.50. The first-order chi connectivity index (χ1) is 19.6. The second-order valence-corrected chi connectivity index (χ2v) is 10.1. The van der Waals surface area contributed by atoms with Gasteiger partial charge in [0.15, 0.2) is 5.82 Å². The number of H-pyrrole nitrogens is 1. The SMILES string of the molecule is O=C(c1cccc(-c2nc3ccccc3[nH]2)n1)N1CC2CN(C(=O)c3ccnc(Nc4ccccn4)n3)CC2C1. The summed E-state index contributed by atoms with van der Waals surface area (Å²) in [6.45, 7) is 2.32. The van der Waals surface area contributed by atoms with Gasteiger partial charge in [-0.2, -0.15) is 0 Å². The molecule has 7 rings (SSSR count). The summed E-state index contributed by atoms with van der Waals surface area (Å²) in [6.07, 6.45) is 3.23. The van der Waals surface area contributed by atoms with Gasteiger partial charge in [-0.15, -0.1) is 0 Å². The average molecular weight is 532 g/mol. The monoisotopic (exact) mass is 531 g/mol. The molecule has 0 radical (unpaired) electrons. The molecule has 1 aromatic carbocycles. The van der Waals surface area contributed by atoms with Crippen molar-refractivity contribution in [3.8, 4) is 11.5 Å². The Bertz CT molecular complexity index is 1670. The molecule has 198 valence electrons. The van der Waals surface area contributed by atoms with Crippen LogP contribution in [0, 0.1) is 11.8 Å². The van der Waals surface area contributed by atoms with Crippen molar-refractivity contribution in [2.75, 3.05) is 31.5 Å². The Labute approximate surface area is 229 Å².